The van der Waals surface area contributed by atoms with Crippen LogP contribution < -0.4 is 5.32 Å². The van der Waals surface area contributed by atoms with Crippen molar-refractivity contribution in [2.45, 2.75) is 33.4 Å². The average molecular weight is 318 g/mol. The van der Waals surface area contributed by atoms with Crippen LogP contribution in [0.3, 0.4) is 0 Å². The first-order valence-electron chi connectivity index (χ1n) is 6.60. The van der Waals surface area contributed by atoms with Crippen molar-refractivity contribution in [1.82, 2.24) is 9.78 Å². The van der Waals surface area contributed by atoms with Gasteiger partial charge in [0, 0.05) is 18.7 Å². The molecule has 21 heavy (non-hydrogen) atoms. The fraction of sp³-hybridized carbons (Fsp3) is 0.357. The van der Waals surface area contributed by atoms with Crippen LogP contribution in [-0.4, -0.2) is 9.78 Å². The number of rotatable bonds is 5. The van der Waals surface area contributed by atoms with E-state index in [9.17, 15) is 13.2 Å². The molecule has 0 unspecified atom stereocenters. The molecule has 0 aliphatic carbocycles. The number of aromatic nitrogens is 2. The van der Waals surface area contributed by atoms with Crippen molar-refractivity contribution in [1.29, 1.82) is 0 Å². The number of anilines is 1. The van der Waals surface area contributed by atoms with Crippen molar-refractivity contribution in [2.24, 2.45) is 0 Å². The molecule has 0 atom stereocenters. The van der Waals surface area contributed by atoms with Crippen LogP contribution in [0, 0.1) is 17.5 Å². The number of nitrogens with one attached hydrogen (secondary N) is 1. The summed E-state index contributed by atoms with van der Waals surface area (Å²) in [5, 5.41) is 7.41. The summed E-state index contributed by atoms with van der Waals surface area (Å²) in [4.78, 5) is 0. The first kappa shape index (κ1) is 15.7. The highest BCUT2D eigenvalue weighted by Crippen LogP contribution is 2.25. The molecule has 1 aromatic carbocycles. The van der Waals surface area contributed by atoms with E-state index in [0.717, 1.165) is 5.69 Å². The summed E-state index contributed by atoms with van der Waals surface area (Å²) in [5.74, 6) is -2.93. The predicted octanol–water partition coefficient (Wildman–Crippen LogP) is 4.15. The van der Waals surface area contributed by atoms with Crippen LogP contribution in [0.5, 0.6) is 0 Å². The minimum absolute atomic E-state index is 0.0964. The van der Waals surface area contributed by atoms with Gasteiger partial charge >= 0.3 is 0 Å². The number of hydrogen-bond acceptors (Lipinski definition) is 2. The van der Waals surface area contributed by atoms with Gasteiger partial charge in [-0.1, -0.05) is 18.5 Å². The minimum atomic E-state index is -0.984. The molecule has 1 heterocycles. The molecule has 3 nitrogen and oxygen atoms in total. The topological polar surface area (TPSA) is 29.9 Å². The third-order valence-electron chi connectivity index (χ3n) is 3.13. The van der Waals surface area contributed by atoms with E-state index in [1.807, 2.05) is 13.8 Å². The van der Waals surface area contributed by atoms with E-state index >= 15 is 0 Å². The summed E-state index contributed by atoms with van der Waals surface area (Å²) in [6, 6.07) is 1.25. The normalized spacial score (nSPS) is 11.0. The van der Waals surface area contributed by atoms with Gasteiger partial charge in [-0.3, -0.25) is 4.68 Å². The number of benzene rings is 1. The maximum Gasteiger partial charge on any atom is 0.152 e. The van der Waals surface area contributed by atoms with Crippen molar-refractivity contribution in [3.8, 4) is 0 Å². The van der Waals surface area contributed by atoms with E-state index < -0.39 is 17.5 Å². The summed E-state index contributed by atoms with van der Waals surface area (Å²) in [5.41, 5.74) is 0.990. The maximum atomic E-state index is 13.6. The molecule has 2 aromatic rings. The van der Waals surface area contributed by atoms with Crippen molar-refractivity contribution in [3.63, 3.8) is 0 Å². The summed E-state index contributed by atoms with van der Waals surface area (Å²) < 4.78 is 41.7. The Hall–Kier alpha value is -1.69. The Bertz CT molecular complexity index is 632. The molecule has 114 valence electrons. The fourth-order valence-electron chi connectivity index (χ4n) is 2.07. The third kappa shape index (κ3) is 3.15. The van der Waals surface area contributed by atoms with Crippen LogP contribution in [0.15, 0.2) is 12.1 Å². The predicted molar refractivity (Wildman–Crippen MR) is 75.9 cm³/mol. The lowest BCUT2D eigenvalue weighted by Gasteiger charge is -2.10. The van der Waals surface area contributed by atoms with Gasteiger partial charge in [0.25, 0.3) is 0 Å². The Labute approximate surface area is 125 Å². The molecule has 0 fully saturated rings. The second kappa shape index (κ2) is 6.39. The molecule has 0 saturated heterocycles. The molecule has 0 amide bonds. The van der Waals surface area contributed by atoms with Crippen LogP contribution in [0.4, 0.5) is 18.9 Å². The Morgan fingerprint density at radius 1 is 1.19 bits per heavy atom. The molecular formula is C14H15ClF3N3. The van der Waals surface area contributed by atoms with Gasteiger partial charge in [0.15, 0.2) is 11.6 Å². The number of halogens is 4. The van der Waals surface area contributed by atoms with E-state index in [1.54, 1.807) is 4.68 Å². The van der Waals surface area contributed by atoms with Crippen molar-refractivity contribution in [2.75, 3.05) is 5.32 Å². The van der Waals surface area contributed by atoms with Crippen LogP contribution >= 0.6 is 11.6 Å². The largest absolute Gasteiger partial charge is 0.375 e. The Balaban J connectivity index is 2.26. The van der Waals surface area contributed by atoms with Gasteiger partial charge in [0.05, 0.1) is 23.0 Å². The first-order valence-corrected chi connectivity index (χ1v) is 6.98. The second-order valence-electron chi connectivity index (χ2n) is 4.47. The summed E-state index contributed by atoms with van der Waals surface area (Å²) in [6.07, 6.45) is 0.665. The smallest absolute Gasteiger partial charge is 0.152 e. The van der Waals surface area contributed by atoms with E-state index in [2.05, 4.69) is 10.4 Å². The van der Waals surface area contributed by atoms with Crippen molar-refractivity contribution in [3.05, 3.63) is 46.0 Å². The van der Waals surface area contributed by atoms with E-state index in [-0.39, 0.29) is 12.2 Å². The zero-order valence-corrected chi connectivity index (χ0v) is 12.4. The Morgan fingerprint density at radius 3 is 2.33 bits per heavy atom. The highest BCUT2D eigenvalue weighted by atomic mass is 35.5. The molecule has 0 saturated carbocycles. The molecule has 1 N–H and O–H groups in total. The van der Waals surface area contributed by atoms with Crippen molar-refractivity contribution >= 4 is 17.3 Å². The average Bonchev–Trinajstić information content (AvgIpc) is 2.73. The zero-order chi connectivity index (χ0) is 15.6. The molecule has 0 bridgehead atoms. The Kier molecular flexibility index (Phi) is 4.77. The van der Waals surface area contributed by atoms with Gasteiger partial charge in [0.2, 0.25) is 0 Å². The van der Waals surface area contributed by atoms with Gasteiger partial charge in [0.1, 0.15) is 11.5 Å². The van der Waals surface area contributed by atoms with Gasteiger partial charge in [-0.2, -0.15) is 5.10 Å². The molecule has 0 aliphatic heterocycles. The van der Waals surface area contributed by atoms with E-state index in [1.165, 1.54) is 0 Å². The van der Waals surface area contributed by atoms with E-state index in [0.29, 0.717) is 35.8 Å². The monoisotopic (exact) mass is 317 g/mol. The maximum absolute atomic E-state index is 13.6. The lowest BCUT2D eigenvalue weighted by molar-refractivity contribution is 0.546. The Morgan fingerprint density at radius 2 is 1.81 bits per heavy atom. The quantitative estimate of drug-likeness (QED) is 0.898. The van der Waals surface area contributed by atoms with Gasteiger partial charge < -0.3 is 5.32 Å². The van der Waals surface area contributed by atoms with Gasteiger partial charge in [-0.05, 0) is 13.3 Å². The number of aryl methyl sites for hydroxylation is 2. The molecule has 0 radical (unpaired) electrons. The molecule has 0 aliphatic rings. The zero-order valence-electron chi connectivity index (χ0n) is 11.7. The molecule has 1 aromatic heterocycles. The highest BCUT2D eigenvalue weighted by molar-refractivity contribution is 6.31. The third-order valence-corrected chi connectivity index (χ3v) is 3.57. The van der Waals surface area contributed by atoms with Crippen LogP contribution in [-0.2, 0) is 19.5 Å². The van der Waals surface area contributed by atoms with Crippen LogP contribution in [0.1, 0.15) is 25.2 Å². The van der Waals surface area contributed by atoms with E-state index in [4.69, 9.17) is 11.6 Å². The highest BCUT2D eigenvalue weighted by Gasteiger charge is 2.16. The number of nitrogens with zero attached hydrogens (tertiary/aromatic N) is 2. The minimum Gasteiger partial charge on any atom is -0.375 e. The molecular weight excluding hydrogens is 303 g/mol. The standard InChI is InChI=1S/C14H15ClF3N3/c1-3-11-13(15)12(21(4-2)20-11)7-19-14-9(17)5-8(16)6-10(14)18/h5-6,19H,3-4,7H2,1-2H3. The van der Waals surface area contributed by atoms with Crippen LogP contribution in [0.2, 0.25) is 5.02 Å². The van der Waals surface area contributed by atoms with Gasteiger partial charge in [-0.25, -0.2) is 13.2 Å². The van der Waals surface area contributed by atoms with Crippen LogP contribution in [0.25, 0.3) is 0 Å². The lowest BCUT2D eigenvalue weighted by Crippen LogP contribution is -2.10. The molecule has 0 spiro atoms. The van der Waals surface area contributed by atoms with Crippen molar-refractivity contribution < 1.29 is 13.2 Å². The fourth-order valence-corrected chi connectivity index (χ4v) is 2.41. The first-order chi connectivity index (χ1) is 9.97. The van der Waals surface area contributed by atoms with Gasteiger partial charge in [-0.15, -0.1) is 0 Å². The summed E-state index contributed by atoms with van der Waals surface area (Å²) in [6.45, 7) is 4.50. The SMILES string of the molecule is CCc1nn(CC)c(CNc2c(F)cc(F)cc2F)c1Cl. The lowest BCUT2D eigenvalue weighted by atomic mass is 10.2. The second-order valence-corrected chi connectivity index (χ2v) is 4.85. The summed E-state index contributed by atoms with van der Waals surface area (Å²) >= 11 is 6.21. The molecule has 2 rings (SSSR count). The molecule has 7 heteroatoms. The number of hydrogen-bond donors (Lipinski definition) is 1. The summed E-state index contributed by atoms with van der Waals surface area (Å²) in [7, 11) is 0.